The minimum Gasteiger partial charge on any atom is -0.312 e. The van der Waals surface area contributed by atoms with E-state index in [-0.39, 0.29) is 0 Å². The fourth-order valence-corrected chi connectivity index (χ4v) is 3.17. The van der Waals surface area contributed by atoms with Crippen LogP contribution < -0.4 is 5.32 Å². The first-order valence-corrected chi connectivity index (χ1v) is 7.90. The van der Waals surface area contributed by atoms with Gasteiger partial charge in [-0.15, -0.1) is 11.3 Å². The number of nitrogens with zero attached hydrogens (tertiary/aromatic N) is 2. The van der Waals surface area contributed by atoms with Crippen molar-refractivity contribution in [1.82, 2.24) is 15.3 Å². The molecule has 0 bridgehead atoms. The van der Waals surface area contributed by atoms with Crippen LogP contribution in [0.5, 0.6) is 0 Å². The Bertz CT molecular complexity index is 567. The maximum absolute atomic E-state index is 4.71. The van der Waals surface area contributed by atoms with Crippen LogP contribution in [0.15, 0.2) is 12.1 Å². The third-order valence-corrected chi connectivity index (χ3v) is 4.27. The fraction of sp³-hybridized carbons (Fsp3) is 0.500. The molecule has 0 aliphatic heterocycles. The van der Waals surface area contributed by atoms with Gasteiger partial charge in [-0.1, -0.05) is 13.8 Å². The van der Waals surface area contributed by atoms with E-state index in [1.165, 1.54) is 10.4 Å². The molecule has 0 aliphatic rings. The van der Waals surface area contributed by atoms with E-state index >= 15 is 0 Å². The summed E-state index contributed by atoms with van der Waals surface area (Å²) in [5.41, 5.74) is 4.41. The molecule has 0 amide bonds. The molecule has 0 spiro atoms. The van der Waals surface area contributed by atoms with Gasteiger partial charge in [-0.25, -0.2) is 4.98 Å². The van der Waals surface area contributed by atoms with Gasteiger partial charge in [0.25, 0.3) is 0 Å². The molecule has 3 nitrogen and oxygen atoms in total. The van der Waals surface area contributed by atoms with E-state index in [1.807, 2.05) is 13.8 Å². The Morgan fingerprint density at radius 1 is 1.10 bits per heavy atom. The lowest BCUT2D eigenvalue weighted by molar-refractivity contribution is 0.554. The van der Waals surface area contributed by atoms with Crippen molar-refractivity contribution in [3.8, 4) is 10.6 Å². The fourth-order valence-electron chi connectivity index (χ4n) is 2.15. The summed E-state index contributed by atoms with van der Waals surface area (Å²) in [5.74, 6) is 0.674. The molecule has 1 N–H and O–H groups in total. The van der Waals surface area contributed by atoms with Crippen molar-refractivity contribution in [2.24, 2.45) is 5.92 Å². The number of pyridine rings is 1. The van der Waals surface area contributed by atoms with Crippen molar-refractivity contribution in [2.45, 2.75) is 41.2 Å². The second-order valence-electron chi connectivity index (χ2n) is 5.69. The van der Waals surface area contributed by atoms with Gasteiger partial charge in [0.1, 0.15) is 5.01 Å². The summed E-state index contributed by atoms with van der Waals surface area (Å²) in [6.45, 7) is 12.5. The molecular formula is C16H23N3S. The smallest absolute Gasteiger partial charge is 0.124 e. The van der Waals surface area contributed by atoms with E-state index in [0.717, 1.165) is 35.2 Å². The molecule has 0 atom stereocenters. The minimum atomic E-state index is 0.674. The molecule has 0 radical (unpaired) electrons. The summed E-state index contributed by atoms with van der Waals surface area (Å²) in [4.78, 5) is 10.5. The molecule has 4 heteroatoms. The zero-order valence-corrected chi connectivity index (χ0v) is 13.8. The van der Waals surface area contributed by atoms with Crippen LogP contribution in [-0.4, -0.2) is 16.5 Å². The van der Waals surface area contributed by atoms with E-state index in [1.54, 1.807) is 11.3 Å². The second-order valence-corrected chi connectivity index (χ2v) is 6.77. The van der Waals surface area contributed by atoms with Gasteiger partial charge in [-0.3, -0.25) is 4.98 Å². The van der Waals surface area contributed by atoms with Crippen LogP contribution in [0.2, 0.25) is 0 Å². The highest BCUT2D eigenvalue weighted by Gasteiger charge is 2.10. The molecule has 2 rings (SSSR count). The standard InChI is InChI=1S/C16H23N3S/c1-10(2)8-17-9-15-13(5)19-16(20-15)14-6-11(3)18-12(4)7-14/h6-7,10,17H,8-9H2,1-5H3. The third-order valence-electron chi connectivity index (χ3n) is 3.06. The van der Waals surface area contributed by atoms with Crippen LogP contribution in [0.4, 0.5) is 0 Å². The number of hydrogen-bond acceptors (Lipinski definition) is 4. The first kappa shape index (κ1) is 15.1. The first-order valence-electron chi connectivity index (χ1n) is 7.08. The monoisotopic (exact) mass is 289 g/mol. The molecule has 2 aromatic rings. The number of aryl methyl sites for hydroxylation is 3. The summed E-state index contributed by atoms with van der Waals surface area (Å²) in [5, 5.41) is 4.58. The molecular weight excluding hydrogens is 266 g/mol. The predicted octanol–water partition coefficient (Wildman–Crippen LogP) is 3.88. The quantitative estimate of drug-likeness (QED) is 0.908. The summed E-state index contributed by atoms with van der Waals surface area (Å²) in [6, 6.07) is 4.22. The van der Waals surface area contributed by atoms with Crippen molar-refractivity contribution < 1.29 is 0 Å². The number of aromatic nitrogens is 2. The highest BCUT2D eigenvalue weighted by molar-refractivity contribution is 7.15. The number of rotatable bonds is 5. The van der Waals surface area contributed by atoms with E-state index in [4.69, 9.17) is 4.98 Å². The topological polar surface area (TPSA) is 37.8 Å². The second kappa shape index (κ2) is 6.46. The Balaban J connectivity index is 2.17. The number of thiazole rings is 1. The summed E-state index contributed by atoms with van der Waals surface area (Å²) < 4.78 is 0. The zero-order chi connectivity index (χ0) is 14.7. The maximum Gasteiger partial charge on any atom is 0.124 e. The van der Waals surface area contributed by atoms with E-state index in [9.17, 15) is 0 Å². The van der Waals surface area contributed by atoms with Gasteiger partial charge in [-0.2, -0.15) is 0 Å². The third kappa shape index (κ3) is 3.87. The Morgan fingerprint density at radius 2 is 1.75 bits per heavy atom. The van der Waals surface area contributed by atoms with Crippen LogP contribution in [0.3, 0.4) is 0 Å². The normalized spacial score (nSPS) is 11.3. The SMILES string of the molecule is Cc1cc(-c2nc(C)c(CNCC(C)C)s2)cc(C)n1. The summed E-state index contributed by atoms with van der Waals surface area (Å²) >= 11 is 1.78. The highest BCUT2D eigenvalue weighted by atomic mass is 32.1. The lowest BCUT2D eigenvalue weighted by atomic mass is 10.2. The molecule has 0 saturated carbocycles. The average Bonchev–Trinajstić information content (AvgIpc) is 2.69. The molecule has 0 aliphatic carbocycles. The van der Waals surface area contributed by atoms with Gasteiger partial charge in [0.2, 0.25) is 0 Å². The van der Waals surface area contributed by atoms with Crippen molar-refractivity contribution in [2.75, 3.05) is 6.54 Å². The molecule has 0 fully saturated rings. The van der Waals surface area contributed by atoms with Crippen molar-refractivity contribution in [3.05, 3.63) is 34.1 Å². The van der Waals surface area contributed by atoms with Gasteiger partial charge in [-0.05, 0) is 45.4 Å². The molecule has 20 heavy (non-hydrogen) atoms. The van der Waals surface area contributed by atoms with Crippen molar-refractivity contribution in [3.63, 3.8) is 0 Å². The lowest BCUT2D eigenvalue weighted by Crippen LogP contribution is -2.18. The van der Waals surface area contributed by atoms with Crippen LogP contribution in [0, 0.1) is 26.7 Å². The Kier molecular flexibility index (Phi) is 4.89. The summed E-state index contributed by atoms with van der Waals surface area (Å²) in [6.07, 6.45) is 0. The van der Waals surface area contributed by atoms with Gasteiger partial charge in [0.05, 0.1) is 5.69 Å². The van der Waals surface area contributed by atoms with E-state index < -0.39 is 0 Å². The molecule has 2 heterocycles. The predicted molar refractivity (Wildman–Crippen MR) is 86.1 cm³/mol. The first-order chi connectivity index (χ1) is 9.45. The molecule has 0 saturated heterocycles. The van der Waals surface area contributed by atoms with Crippen LogP contribution >= 0.6 is 11.3 Å². The lowest BCUT2D eigenvalue weighted by Gasteiger charge is -2.05. The zero-order valence-electron chi connectivity index (χ0n) is 12.9. The van der Waals surface area contributed by atoms with Gasteiger partial charge >= 0.3 is 0 Å². The van der Waals surface area contributed by atoms with E-state index in [0.29, 0.717) is 5.92 Å². The van der Waals surface area contributed by atoms with Gasteiger partial charge in [0, 0.05) is 28.4 Å². The molecule has 0 aromatic carbocycles. The average molecular weight is 289 g/mol. The van der Waals surface area contributed by atoms with Crippen LogP contribution in [0.25, 0.3) is 10.6 Å². The highest BCUT2D eigenvalue weighted by Crippen LogP contribution is 2.28. The molecule has 108 valence electrons. The summed E-state index contributed by atoms with van der Waals surface area (Å²) in [7, 11) is 0. The number of nitrogens with one attached hydrogen (secondary N) is 1. The molecule has 0 unspecified atom stereocenters. The van der Waals surface area contributed by atoms with Gasteiger partial charge < -0.3 is 5.32 Å². The minimum absolute atomic E-state index is 0.674. The van der Waals surface area contributed by atoms with E-state index in [2.05, 4.69) is 43.2 Å². The molecule has 2 aromatic heterocycles. The van der Waals surface area contributed by atoms with Crippen LogP contribution in [-0.2, 0) is 6.54 Å². The Morgan fingerprint density at radius 3 is 2.35 bits per heavy atom. The van der Waals surface area contributed by atoms with Crippen LogP contribution in [0.1, 0.15) is 35.8 Å². The van der Waals surface area contributed by atoms with Crippen molar-refractivity contribution >= 4 is 11.3 Å². The van der Waals surface area contributed by atoms with Crippen molar-refractivity contribution in [1.29, 1.82) is 0 Å². The number of hydrogen-bond donors (Lipinski definition) is 1. The Hall–Kier alpha value is -1.26. The maximum atomic E-state index is 4.71. The largest absolute Gasteiger partial charge is 0.312 e. The van der Waals surface area contributed by atoms with Gasteiger partial charge in [0.15, 0.2) is 0 Å². The Labute approximate surface area is 125 Å².